The highest BCUT2D eigenvalue weighted by Crippen LogP contribution is 2.22. The summed E-state index contributed by atoms with van der Waals surface area (Å²) < 4.78 is 26.2. The first-order valence-corrected chi connectivity index (χ1v) is 10.4. The highest BCUT2D eigenvalue weighted by Gasteiger charge is 2.24. The van der Waals surface area contributed by atoms with E-state index in [1.54, 1.807) is 6.20 Å². The third-order valence-corrected chi connectivity index (χ3v) is 5.45. The van der Waals surface area contributed by atoms with E-state index in [1.807, 2.05) is 23.1 Å². The van der Waals surface area contributed by atoms with Gasteiger partial charge in [-0.25, -0.2) is 8.78 Å². The first-order valence-electron chi connectivity index (χ1n) is 10.4. The van der Waals surface area contributed by atoms with Crippen LogP contribution in [0.15, 0.2) is 42.6 Å². The zero-order valence-electron chi connectivity index (χ0n) is 16.9. The van der Waals surface area contributed by atoms with Crippen LogP contribution in [0, 0.1) is 17.6 Å². The Bertz CT molecular complexity index is 861. The van der Waals surface area contributed by atoms with Gasteiger partial charge in [0.1, 0.15) is 0 Å². The smallest absolute Gasteiger partial charge is 0.222 e. The van der Waals surface area contributed by atoms with Crippen molar-refractivity contribution in [2.45, 2.75) is 45.1 Å². The number of carbonyl (C=O) groups is 2. The molecular formula is C23H27F2N3O2. The zero-order valence-corrected chi connectivity index (χ0v) is 16.9. The molecule has 1 aliphatic heterocycles. The number of rotatable bonds is 8. The molecule has 1 unspecified atom stereocenters. The van der Waals surface area contributed by atoms with Gasteiger partial charge in [-0.3, -0.25) is 14.6 Å². The van der Waals surface area contributed by atoms with E-state index in [0.717, 1.165) is 37.2 Å². The highest BCUT2D eigenvalue weighted by atomic mass is 19.2. The topological polar surface area (TPSA) is 62.3 Å². The lowest BCUT2D eigenvalue weighted by Crippen LogP contribution is -2.40. The molecule has 1 fully saturated rings. The van der Waals surface area contributed by atoms with Gasteiger partial charge in [0.15, 0.2) is 11.6 Å². The molecule has 0 saturated carbocycles. The molecule has 5 nitrogen and oxygen atoms in total. The van der Waals surface area contributed by atoms with E-state index < -0.39 is 11.6 Å². The van der Waals surface area contributed by atoms with Crippen LogP contribution in [0.25, 0.3) is 0 Å². The number of likely N-dealkylation sites (tertiary alicyclic amines) is 1. The van der Waals surface area contributed by atoms with Crippen LogP contribution in [-0.4, -0.2) is 34.8 Å². The van der Waals surface area contributed by atoms with Gasteiger partial charge in [-0.1, -0.05) is 12.1 Å². The predicted octanol–water partition coefficient (Wildman–Crippen LogP) is 3.63. The Hall–Kier alpha value is -2.83. The minimum Gasteiger partial charge on any atom is -0.352 e. The van der Waals surface area contributed by atoms with E-state index >= 15 is 0 Å². The maximum atomic E-state index is 13.2. The lowest BCUT2D eigenvalue weighted by atomic mass is 9.93. The van der Waals surface area contributed by atoms with Crippen molar-refractivity contribution in [3.05, 3.63) is 65.5 Å². The summed E-state index contributed by atoms with van der Waals surface area (Å²) in [5, 5.41) is 2.74. The van der Waals surface area contributed by atoms with E-state index in [1.165, 1.54) is 6.07 Å². The Balaban J connectivity index is 1.38. The van der Waals surface area contributed by atoms with E-state index in [-0.39, 0.29) is 18.4 Å². The predicted molar refractivity (Wildman–Crippen MR) is 109 cm³/mol. The molecule has 160 valence electrons. The van der Waals surface area contributed by atoms with Crippen molar-refractivity contribution in [3.8, 4) is 0 Å². The molecule has 0 radical (unpaired) electrons. The number of benzene rings is 1. The molecular weight excluding hydrogens is 388 g/mol. The highest BCUT2D eigenvalue weighted by molar-refractivity contribution is 5.77. The largest absolute Gasteiger partial charge is 0.352 e. The molecule has 0 aliphatic carbocycles. The number of nitrogens with zero attached hydrogens (tertiary/aromatic N) is 2. The molecule has 1 N–H and O–H groups in total. The van der Waals surface area contributed by atoms with E-state index in [9.17, 15) is 18.4 Å². The number of aromatic nitrogens is 1. The van der Waals surface area contributed by atoms with Crippen molar-refractivity contribution in [3.63, 3.8) is 0 Å². The van der Waals surface area contributed by atoms with Crippen LogP contribution in [0.2, 0.25) is 0 Å². The van der Waals surface area contributed by atoms with Crippen molar-refractivity contribution in [1.82, 2.24) is 15.2 Å². The van der Waals surface area contributed by atoms with Crippen molar-refractivity contribution < 1.29 is 18.4 Å². The molecule has 1 saturated heterocycles. The molecule has 1 atom stereocenters. The quantitative estimate of drug-likeness (QED) is 0.716. The van der Waals surface area contributed by atoms with Crippen molar-refractivity contribution >= 4 is 11.8 Å². The number of carbonyl (C=O) groups excluding carboxylic acids is 2. The van der Waals surface area contributed by atoms with Crippen LogP contribution in [-0.2, 0) is 22.6 Å². The third-order valence-electron chi connectivity index (χ3n) is 5.45. The minimum absolute atomic E-state index is 0.127. The maximum Gasteiger partial charge on any atom is 0.222 e. The molecule has 0 bridgehead atoms. The molecule has 30 heavy (non-hydrogen) atoms. The molecule has 1 aromatic carbocycles. The molecule has 2 amide bonds. The summed E-state index contributed by atoms with van der Waals surface area (Å²) in [6.45, 7) is 1.61. The van der Waals surface area contributed by atoms with Gasteiger partial charge in [0, 0.05) is 44.4 Å². The Morgan fingerprint density at radius 1 is 1.13 bits per heavy atom. The number of piperidine rings is 1. The summed E-state index contributed by atoms with van der Waals surface area (Å²) in [4.78, 5) is 30.8. The molecule has 2 heterocycles. The third kappa shape index (κ3) is 6.61. The first kappa shape index (κ1) is 21.9. The van der Waals surface area contributed by atoms with Crippen LogP contribution in [0.4, 0.5) is 8.78 Å². The number of hydrogen-bond donors (Lipinski definition) is 1. The average Bonchev–Trinajstić information content (AvgIpc) is 2.77. The zero-order chi connectivity index (χ0) is 21.3. The number of pyridine rings is 1. The number of hydrogen-bond acceptors (Lipinski definition) is 3. The minimum atomic E-state index is -0.920. The number of nitrogens with one attached hydrogen (secondary N) is 1. The fourth-order valence-electron chi connectivity index (χ4n) is 3.74. The Morgan fingerprint density at radius 3 is 2.77 bits per heavy atom. The summed E-state index contributed by atoms with van der Waals surface area (Å²) >= 11 is 0. The Kier molecular flexibility index (Phi) is 7.88. The van der Waals surface area contributed by atoms with Gasteiger partial charge in [0.2, 0.25) is 11.8 Å². The Labute approximate surface area is 175 Å². The van der Waals surface area contributed by atoms with Gasteiger partial charge in [0.25, 0.3) is 0 Å². The fourth-order valence-corrected chi connectivity index (χ4v) is 3.74. The summed E-state index contributed by atoms with van der Waals surface area (Å²) in [5.74, 6) is -1.52. The average molecular weight is 415 g/mol. The second-order valence-electron chi connectivity index (χ2n) is 7.73. The summed E-state index contributed by atoms with van der Waals surface area (Å²) in [6, 6.07) is 9.29. The van der Waals surface area contributed by atoms with Crippen LogP contribution < -0.4 is 5.32 Å². The van der Waals surface area contributed by atoms with Gasteiger partial charge in [-0.2, -0.15) is 0 Å². The second-order valence-corrected chi connectivity index (χ2v) is 7.73. The number of halogens is 2. The molecule has 1 aliphatic rings. The number of aryl methyl sites for hydroxylation is 1. The molecule has 0 spiro atoms. The maximum absolute atomic E-state index is 13.2. The van der Waals surface area contributed by atoms with Crippen LogP contribution in [0.1, 0.15) is 43.4 Å². The summed E-state index contributed by atoms with van der Waals surface area (Å²) in [5.41, 5.74) is 1.43. The number of amides is 2. The lowest BCUT2D eigenvalue weighted by molar-refractivity contribution is -0.133. The second kappa shape index (κ2) is 10.8. The van der Waals surface area contributed by atoms with Crippen LogP contribution in [0.3, 0.4) is 0 Å². The van der Waals surface area contributed by atoms with Gasteiger partial charge in [0.05, 0.1) is 0 Å². The van der Waals surface area contributed by atoms with Crippen molar-refractivity contribution in [2.24, 2.45) is 5.92 Å². The van der Waals surface area contributed by atoms with E-state index in [0.29, 0.717) is 43.7 Å². The normalized spacial score (nSPS) is 16.3. The van der Waals surface area contributed by atoms with Gasteiger partial charge < -0.3 is 10.2 Å². The van der Waals surface area contributed by atoms with E-state index in [2.05, 4.69) is 10.3 Å². The van der Waals surface area contributed by atoms with Crippen LogP contribution >= 0.6 is 0 Å². The Morgan fingerprint density at radius 2 is 2.00 bits per heavy atom. The van der Waals surface area contributed by atoms with Gasteiger partial charge >= 0.3 is 0 Å². The molecule has 7 heteroatoms. The van der Waals surface area contributed by atoms with Gasteiger partial charge in [-0.05, 0) is 61.4 Å². The van der Waals surface area contributed by atoms with Crippen molar-refractivity contribution in [2.75, 3.05) is 13.1 Å². The first-order chi connectivity index (χ1) is 14.5. The monoisotopic (exact) mass is 415 g/mol. The summed E-state index contributed by atoms with van der Waals surface area (Å²) in [7, 11) is 0. The standard InChI is InChI=1S/C23H27F2N3O2/c24-20-9-6-18(14-21(20)25)15-27-22(29)10-7-17-4-3-13-28(16-17)23(30)11-8-19-5-1-2-12-26-19/h1-2,5-6,9,12,14,17H,3-4,7-8,10-11,13,15-16H2,(H,27,29). The van der Waals surface area contributed by atoms with Crippen LogP contribution in [0.5, 0.6) is 0 Å². The SMILES string of the molecule is O=C(CCC1CCCN(C(=O)CCc2ccccn2)C1)NCc1ccc(F)c(F)c1. The fraction of sp³-hybridized carbons (Fsp3) is 0.435. The molecule has 3 rings (SSSR count). The molecule has 2 aromatic rings. The molecule has 1 aromatic heterocycles. The summed E-state index contributed by atoms with van der Waals surface area (Å²) in [6.07, 6.45) is 5.80. The lowest BCUT2D eigenvalue weighted by Gasteiger charge is -2.33. The van der Waals surface area contributed by atoms with E-state index in [4.69, 9.17) is 0 Å². The van der Waals surface area contributed by atoms with Gasteiger partial charge in [-0.15, -0.1) is 0 Å². The van der Waals surface area contributed by atoms with Crippen molar-refractivity contribution in [1.29, 1.82) is 0 Å².